The lowest BCUT2D eigenvalue weighted by atomic mass is 9.97. The highest BCUT2D eigenvalue weighted by Crippen LogP contribution is 2.23. The first-order valence-electron chi connectivity index (χ1n) is 7.31. The average Bonchev–Trinajstić information content (AvgIpc) is 2.86. The molecule has 0 heterocycles. The van der Waals surface area contributed by atoms with Crippen LogP contribution < -0.4 is 5.73 Å². The Labute approximate surface area is 129 Å². The third-order valence-electron chi connectivity index (χ3n) is 4.05. The zero-order valence-electron chi connectivity index (χ0n) is 11.6. The molecule has 1 unspecified atom stereocenters. The van der Waals surface area contributed by atoms with Crippen LogP contribution in [0.1, 0.15) is 28.7 Å². The monoisotopic (exact) mass is 329 g/mol. The highest BCUT2D eigenvalue weighted by atomic mass is 79.9. The van der Waals surface area contributed by atoms with Gasteiger partial charge in [-0.3, -0.25) is 0 Å². The summed E-state index contributed by atoms with van der Waals surface area (Å²) in [4.78, 5) is 0. The fourth-order valence-electron chi connectivity index (χ4n) is 3.09. The molecule has 1 atom stereocenters. The van der Waals surface area contributed by atoms with E-state index in [4.69, 9.17) is 5.73 Å². The van der Waals surface area contributed by atoms with E-state index in [2.05, 4.69) is 58.4 Å². The van der Waals surface area contributed by atoms with Crippen LogP contribution in [-0.4, -0.2) is 6.04 Å². The third kappa shape index (κ3) is 3.31. The minimum atomic E-state index is 0.184. The van der Waals surface area contributed by atoms with E-state index in [1.165, 1.54) is 41.5 Å². The first-order valence-corrected chi connectivity index (χ1v) is 8.11. The van der Waals surface area contributed by atoms with Gasteiger partial charge >= 0.3 is 0 Å². The van der Waals surface area contributed by atoms with Gasteiger partial charge in [0.25, 0.3) is 0 Å². The molecule has 1 nitrogen and oxygen atoms in total. The summed E-state index contributed by atoms with van der Waals surface area (Å²) in [6.45, 7) is 0. The van der Waals surface area contributed by atoms with Gasteiger partial charge in [0.05, 0.1) is 0 Å². The first-order chi connectivity index (χ1) is 9.70. The topological polar surface area (TPSA) is 26.0 Å². The molecule has 1 aliphatic rings. The highest BCUT2D eigenvalue weighted by molar-refractivity contribution is 9.10. The normalized spacial score (nSPS) is 15.1. The van der Waals surface area contributed by atoms with E-state index >= 15 is 0 Å². The molecule has 0 aromatic heterocycles. The van der Waals surface area contributed by atoms with Gasteiger partial charge in [-0.25, -0.2) is 0 Å². The molecule has 0 amide bonds. The van der Waals surface area contributed by atoms with Crippen molar-refractivity contribution in [1.82, 2.24) is 0 Å². The minimum absolute atomic E-state index is 0.184. The molecule has 3 rings (SSSR count). The van der Waals surface area contributed by atoms with Gasteiger partial charge in [0, 0.05) is 10.5 Å². The van der Waals surface area contributed by atoms with Crippen LogP contribution in [0.4, 0.5) is 0 Å². The Bertz CT molecular complexity index is 606. The molecule has 0 spiro atoms. The lowest BCUT2D eigenvalue weighted by molar-refractivity contribution is 0.664. The number of benzene rings is 2. The lowest BCUT2D eigenvalue weighted by Crippen LogP contribution is -2.25. The molecule has 104 valence electrons. The second-order valence-electron chi connectivity index (χ2n) is 5.75. The smallest absolute Gasteiger partial charge is 0.0178 e. The molecule has 2 aromatic rings. The number of hydrogen-bond acceptors (Lipinski definition) is 1. The van der Waals surface area contributed by atoms with Crippen molar-refractivity contribution in [2.45, 2.75) is 38.1 Å². The van der Waals surface area contributed by atoms with Crippen LogP contribution in [0.5, 0.6) is 0 Å². The maximum atomic E-state index is 6.32. The number of nitrogens with two attached hydrogens (primary N) is 1. The van der Waals surface area contributed by atoms with E-state index in [0.717, 1.165) is 17.3 Å². The molecule has 0 fully saturated rings. The molecule has 1 aliphatic carbocycles. The van der Waals surface area contributed by atoms with Crippen LogP contribution in [0, 0.1) is 0 Å². The Kier molecular flexibility index (Phi) is 4.23. The molecule has 2 N–H and O–H groups in total. The van der Waals surface area contributed by atoms with Gasteiger partial charge in [0.15, 0.2) is 0 Å². The number of rotatable bonds is 4. The number of halogens is 1. The summed E-state index contributed by atoms with van der Waals surface area (Å²) >= 11 is 3.51. The Balaban J connectivity index is 1.65. The van der Waals surface area contributed by atoms with Gasteiger partial charge in [-0.1, -0.05) is 46.3 Å². The molecule has 0 radical (unpaired) electrons. The minimum Gasteiger partial charge on any atom is -0.327 e. The Morgan fingerprint density at radius 1 is 0.950 bits per heavy atom. The summed E-state index contributed by atoms with van der Waals surface area (Å²) in [6.07, 6.45) is 5.68. The predicted octanol–water partition coefficient (Wildman–Crippen LogP) is 4.05. The largest absolute Gasteiger partial charge is 0.327 e. The fraction of sp³-hybridized carbons (Fsp3) is 0.333. The highest BCUT2D eigenvalue weighted by Gasteiger charge is 2.12. The molecule has 0 aliphatic heterocycles. The van der Waals surface area contributed by atoms with E-state index in [1.54, 1.807) is 0 Å². The van der Waals surface area contributed by atoms with Gasteiger partial charge in [0.2, 0.25) is 0 Å². The van der Waals surface area contributed by atoms with Gasteiger partial charge in [-0.15, -0.1) is 0 Å². The molecule has 0 bridgehead atoms. The van der Waals surface area contributed by atoms with Crippen LogP contribution in [0.3, 0.4) is 0 Å². The Morgan fingerprint density at radius 2 is 1.70 bits per heavy atom. The summed E-state index contributed by atoms with van der Waals surface area (Å²) in [7, 11) is 0. The van der Waals surface area contributed by atoms with Crippen LogP contribution in [-0.2, 0) is 25.7 Å². The quantitative estimate of drug-likeness (QED) is 0.899. The Hall–Kier alpha value is -1.12. The van der Waals surface area contributed by atoms with E-state index in [9.17, 15) is 0 Å². The molecule has 0 saturated heterocycles. The van der Waals surface area contributed by atoms with Crippen LogP contribution in [0.2, 0.25) is 0 Å². The van der Waals surface area contributed by atoms with Crippen molar-refractivity contribution in [3.05, 3.63) is 69.2 Å². The molecule has 20 heavy (non-hydrogen) atoms. The standard InChI is InChI=1S/C18H20BrN/c19-17-6-1-3-13(10-17)11-18(20)12-14-7-8-15-4-2-5-16(15)9-14/h1,3,6-10,18H,2,4-5,11-12,20H2. The molecular weight excluding hydrogens is 310 g/mol. The van der Waals surface area contributed by atoms with Crippen molar-refractivity contribution < 1.29 is 0 Å². The van der Waals surface area contributed by atoms with E-state index < -0.39 is 0 Å². The van der Waals surface area contributed by atoms with Gasteiger partial charge in [-0.05, 0) is 66.5 Å². The maximum Gasteiger partial charge on any atom is 0.0178 e. The van der Waals surface area contributed by atoms with Crippen molar-refractivity contribution in [2.24, 2.45) is 5.73 Å². The third-order valence-corrected chi connectivity index (χ3v) is 4.54. The Morgan fingerprint density at radius 3 is 2.50 bits per heavy atom. The number of aryl methyl sites for hydroxylation is 2. The summed E-state index contributed by atoms with van der Waals surface area (Å²) in [5.41, 5.74) is 12.1. The van der Waals surface area contributed by atoms with E-state index in [0.29, 0.717) is 0 Å². The van der Waals surface area contributed by atoms with E-state index in [-0.39, 0.29) is 6.04 Å². The number of fused-ring (bicyclic) bond motifs is 1. The van der Waals surface area contributed by atoms with Crippen molar-refractivity contribution in [2.75, 3.05) is 0 Å². The predicted molar refractivity (Wildman–Crippen MR) is 88.0 cm³/mol. The summed E-state index contributed by atoms with van der Waals surface area (Å²) in [6, 6.07) is 15.5. The first kappa shape index (κ1) is 13.8. The fourth-order valence-corrected chi connectivity index (χ4v) is 3.54. The lowest BCUT2D eigenvalue weighted by Gasteiger charge is -2.13. The van der Waals surface area contributed by atoms with Crippen molar-refractivity contribution >= 4 is 15.9 Å². The van der Waals surface area contributed by atoms with Crippen molar-refractivity contribution in [1.29, 1.82) is 0 Å². The van der Waals surface area contributed by atoms with Crippen molar-refractivity contribution in [3.8, 4) is 0 Å². The number of hydrogen-bond donors (Lipinski definition) is 1. The molecule has 0 saturated carbocycles. The maximum absolute atomic E-state index is 6.32. The van der Waals surface area contributed by atoms with Gasteiger partial charge in [-0.2, -0.15) is 0 Å². The van der Waals surface area contributed by atoms with E-state index in [1.807, 2.05) is 0 Å². The summed E-state index contributed by atoms with van der Waals surface area (Å²) < 4.78 is 1.12. The van der Waals surface area contributed by atoms with Crippen LogP contribution in [0.25, 0.3) is 0 Å². The SMILES string of the molecule is NC(Cc1cccc(Br)c1)Cc1ccc2c(c1)CCC2. The zero-order valence-corrected chi connectivity index (χ0v) is 13.2. The second-order valence-corrected chi connectivity index (χ2v) is 6.67. The average molecular weight is 330 g/mol. The van der Waals surface area contributed by atoms with Crippen LogP contribution >= 0.6 is 15.9 Å². The molecular formula is C18H20BrN. The van der Waals surface area contributed by atoms with Gasteiger partial charge < -0.3 is 5.73 Å². The molecule has 2 aromatic carbocycles. The van der Waals surface area contributed by atoms with Crippen molar-refractivity contribution in [3.63, 3.8) is 0 Å². The zero-order chi connectivity index (χ0) is 13.9. The summed E-state index contributed by atoms with van der Waals surface area (Å²) in [5, 5.41) is 0. The summed E-state index contributed by atoms with van der Waals surface area (Å²) in [5.74, 6) is 0. The molecule has 2 heteroatoms. The van der Waals surface area contributed by atoms with Gasteiger partial charge in [0.1, 0.15) is 0 Å². The second kappa shape index (κ2) is 6.11. The van der Waals surface area contributed by atoms with Crippen LogP contribution in [0.15, 0.2) is 46.9 Å².